The number of nitrogens with zero attached hydrogens (tertiary/aromatic N) is 4. The van der Waals surface area contributed by atoms with Gasteiger partial charge >= 0.3 is 0 Å². The molecule has 0 bridgehead atoms. The Labute approximate surface area is 119 Å². The van der Waals surface area contributed by atoms with Crippen molar-refractivity contribution in [2.45, 2.75) is 33.2 Å². The zero-order valence-electron chi connectivity index (χ0n) is 12.3. The van der Waals surface area contributed by atoms with E-state index in [0.717, 1.165) is 29.0 Å². The summed E-state index contributed by atoms with van der Waals surface area (Å²) in [6.45, 7) is 6.64. The standard InChI is InChI=1S/C14H20N6/c1-9(2)14-19-12(15-4)7-13(20-14)17-8-11-5-6-16-10(3)18-11/h5-7,9H,8H2,1-4H3,(H2,15,17,19,20). The van der Waals surface area contributed by atoms with Crippen molar-refractivity contribution in [3.63, 3.8) is 0 Å². The molecule has 2 aromatic heterocycles. The normalized spacial score (nSPS) is 10.7. The summed E-state index contributed by atoms with van der Waals surface area (Å²) in [5.41, 5.74) is 0.938. The number of anilines is 2. The van der Waals surface area contributed by atoms with Crippen LogP contribution in [0.2, 0.25) is 0 Å². The first-order chi connectivity index (χ1) is 9.58. The van der Waals surface area contributed by atoms with Crippen LogP contribution in [0.4, 0.5) is 11.6 Å². The van der Waals surface area contributed by atoms with Gasteiger partial charge in [0.25, 0.3) is 0 Å². The van der Waals surface area contributed by atoms with Gasteiger partial charge in [-0.05, 0) is 13.0 Å². The average molecular weight is 272 g/mol. The van der Waals surface area contributed by atoms with Gasteiger partial charge in [0.2, 0.25) is 0 Å². The van der Waals surface area contributed by atoms with Gasteiger partial charge in [0.1, 0.15) is 23.3 Å². The van der Waals surface area contributed by atoms with Crippen molar-refractivity contribution < 1.29 is 0 Å². The molecule has 0 aromatic carbocycles. The van der Waals surface area contributed by atoms with E-state index in [4.69, 9.17) is 0 Å². The minimum atomic E-state index is 0.283. The third-order valence-corrected chi connectivity index (χ3v) is 2.80. The largest absolute Gasteiger partial charge is 0.373 e. The van der Waals surface area contributed by atoms with E-state index in [0.29, 0.717) is 6.54 Å². The Bertz CT molecular complexity index is 582. The fourth-order valence-corrected chi connectivity index (χ4v) is 1.73. The second kappa shape index (κ2) is 6.27. The molecule has 0 atom stereocenters. The molecule has 0 spiro atoms. The lowest BCUT2D eigenvalue weighted by Gasteiger charge is -2.11. The Morgan fingerprint density at radius 2 is 1.90 bits per heavy atom. The fourth-order valence-electron chi connectivity index (χ4n) is 1.73. The molecular formula is C14H20N6. The average Bonchev–Trinajstić information content (AvgIpc) is 2.45. The molecule has 106 valence electrons. The molecule has 0 amide bonds. The van der Waals surface area contributed by atoms with Crippen LogP contribution >= 0.6 is 0 Å². The van der Waals surface area contributed by atoms with Crippen molar-refractivity contribution in [3.8, 4) is 0 Å². The van der Waals surface area contributed by atoms with Crippen LogP contribution in [0.25, 0.3) is 0 Å². The fraction of sp³-hybridized carbons (Fsp3) is 0.429. The van der Waals surface area contributed by atoms with Crippen LogP contribution in [0.15, 0.2) is 18.3 Å². The van der Waals surface area contributed by atoms with E-state index < -0.39 is 0 Å². The molecule has 0 aliphatic heterocycles. The third-order valence-electron chi connectivity index (χ3n) is 2.80. The van der Waals surface area contributed by atoms with Gasteiger partial charge in [-0.3, -0.25) is 0 Å². The van der Waals surface area contributed by atoms with Crippen LogP contribution < -0.4 is 10.6 Å². The van der Waals surface area contributed by atoms with E-state index in [9.17, 15) is 0 Å². The molecular weight excluding hydrogens is 252 g/mol. The number of hydrogen-bond donors (Lipinski definition) is 2. The van der Waals surface area contributed by atoms with Gasteiger partial charge in [0.05, 0.1) is 12.2 Å². The minimum absolute atomic E-state index is 0.283. The van der Waals surface area contributed by atoms with Crippen LogP contribution in [0.5, 0.6) is 0 Å². The number of hydrogen-bond acceptors (Lipinski definition) is 6. The predicted octanol–water partition coefficient (Wildman–Crippen LogP) is 2.35. The van der Waals surface area contributed by atoms with Gasteiger partial charge < -0.3 is 10.6 Å². The topological polar surface area (TPSA) is 75.6 Å². The molecule has 0 radical (unpaired) electrons. The van der Waals surface area contributed by atoms with Gasteiger partial charge in [-0.2, -0.15) is 0 Å². The molecule has 0 aliphatic rings. The second-order valence-corrected chi connectivity index (χ2v) is 4.85. The van der Waals surface area contributed by atoms with Crippen LogP contribution in [0.3, 0.4) is 0 Å². The van der Waals surface area contributed by atoms with Crippen LogP contribution in [-0.4, -0.2) is 27.0 Å². The maximum Gasteiger partial charge on any atom is 0.135 e. The van der Waals surface area contributed by atoms with E-state index in [2.05, 4.69) is 44.4 Å². The lowest BCUT2D eigenvalue weighted by Crippen LogP contribution is -2.08. The molecule has 0 unspecified atom stereocenters. The Morgan fingerprint density at radius 3 is 2.55 bits per heavy atom. The Morgan fingerprint density at radius 1 is 1.15 bits per heavy atom. The Balaban J connectivity index is 2.14. The molecule has 0 saturated carbocycles. The Hall–Kier alpha value is -2.24. The highest BCUT2D eigenvalue weighted by Crippen LogP contribution is 2.17. The highest BCUT2D eigenvalue weighted by Gasteiger charge is 2.07. The zero-order valence-corrected chi connectivity index (χ0v) is 12.3. The van der Waals surface area contributed by atoms with Crippen molar-refractivity contribution in [1.29, 1.82) is 0 Å². The number of aryl methyl sites for hydroxylation is 1. The monoisotopic (exact) mass is 272 g/mol. The predicted molar refractivity (Wildman–Crippen MR) is 79.8 cm³/mol. The molecule has 20 heavy (non-hydrogen) atoms. The van der Waals surface area contributed by atoms with Crippen molar-refractivity contribution >= 4 is 11.6 Å². The molecule has 2 N–H and O–H groups in total. The van der Waals surface area contributed by atoms with E-state index in [1.807, 2.05) is 26.1 Å². The summed E-state index contributed by atoms with van der Waals surface area (Å²) in [5.74, 6) is 3.48. The highest BCUT2D eigenvalue weighted by atomic mass is 15.1. The molecule has 0 fully saturated rings. The van der Waals surface area contributed by atoms with Gasteiger partial charge in [-0.1, -0.05) is 13.8 Å². The van der Waals surface area contributed by atoms with E-state index in [-0.39, 0.29) is 5.92 Å². The SMILES string of the molecule is CNc1cc(NCc2ccnc(C)n2)nc(C(C)C)n1. The quantitative estimate of drug-likeness (QED) is 0.870. The summed E-state index contributed by atoms with van der Waals surface area (Å²) >= 11 is 0. The summed E-state index contributed by atoms with van der Waals surface area (Å²) in [6.07, 6.45) is 1.76. The first-order valence-electron chi connectivity index (χ1n) is 6.67. The summed E-state index contributed by atoms with van der Waals surface area (Å²) in [7, 11) is 1.85. The van der Waals surface area contributed by atoms with Crippen molar-refractivity contribution in [1.82, 2.24) is 19.9 Å². The highest BCUT2D eigenvalue weighted by molar-refractivity contribution is 5.47. The first-order valence-corrected chi connectivity index (χ1v) is 6.67. The maximum atomic E-state index is 4.51. The minimum Gasteiger partial charge on any atom is -0.373 e. The van der Waals surface area contributed by atoms with Gasteiger partial charge in [0, 0.05) is 25.2 Å². The summed E-state index contributed by atoms with van der Waals surface area (Å²) in [4.78, 5) is 17.4. The molecule has 0 saturated heterocycles. The molecule has 2 rings (SSSR count). The van der Waals surface area contributed by atoms with Gasteiger partial charge in [-0.25, -0.2) is 19.9 Å². The summed E-state index contributed by atoms with van der Waals surface area (Å²) < 4.78 is 0. The number of aromatic nitrogens is 4. The Kier molecular flexibility index (Phi) is 4.45. The van der Waals surface area contributed by atoms with Gasteiger partial charge in [0.15, 0.2) is 0 Å². The van der Waals surface area contributed by atoms with Crippen molar-refractivity contribution in [2.75, 3.05) is 17.7 Å². The maximum absolute atomic E-state index is 4.51. The van der Waals surface area contributed by atoms with Crippen molar-refractivity contribution in [3.05, 3.63) is 35.7 Å². The molecule has 0 aliphatic carbocycles. The van der Waals surface area contributed by atoms with Crippen LogP contribution in [0.1, 0.15) is 37.1 Å². The van der Waals surface area contributed by atoms with Crippen molar-refractivity contribution in [2.24, 2.45) is 0 Å². The molecule has 6 nitrogen and oxygen atoms in total. The second-order valence-electron chi connectivity index (χ2n) is 4.85. The number of nitrogens with one attached hydrogen (secondary N) is 2. The lowest BCUT2D eigenvalue weighted by atomic mass is 10.2. The molecule has 6 heteroatoms. The first kappa shape index (κ1) is 14.2. The smallest absolute Gasteiger partial charge is 0.135 e. The van der Waals surface area contributed by atoms with E-state index in [1.54, 1.807) is 6.20 Å². The van der Waals surface area contributed by atoms with E-state index in [1.165, 1.54) is 0 Å². The van der Waals surface area contributed by atoms with Crippen LogP contribution in [-0.2, 0) is 6.54 Å². The summed E-state index contributed by atoms with van der Waals surface area (Å²) in [6, 6.07) is 3.78. The van der Waals surface area contributed by atoms with Crippen LogP contribution in [0, 0.1) is 6.92 Å². The van der Waals surface area contributed by atoms with E-state index >= 15 is 0 Å². The summed E-state index contributed by atoms with van der Waals surface area (Å²) in [5, 5.41) is 6.33. The number of rotatable bonds is 5. The molecule has 2 aromatic rings. The lowest BCUT2D eigenvalue weighted by molar-refractivity contribution is 0.775. The van der Waals surface area contributed by atoms with Gasteiger partial charge in [-0.15, -0.1) is 0 Å². The molecule has 2 heterocycles. The third kappa shape index (κ3) is 3.63. The zero-order chi connectivity index (χ0) is 14.5.